The van der Waals surface area contributed by atoms with Crippen molar-refractivity contribution in [3.63, 3.8) is 0 Å². The second-order valence-electron chi connectivity index (χ2n) is 8.77. The van der Waals surface area contributed by atoms with Crippen LogP contribution in [-0.2, 0) is 11.3 Å². The van der Waals surface area contributed by atoms with Crippen molar-refractivity contribution in [1.82, 2.24) is 15.1 Å². The molecule has 0 amide bonds. The molecule has 5 nitrogen and oxygen atoms in total. The van der Waals surface area contributed by atoms with E-state index in [9.17, 15) is 4.39 Å². The first-order valence-electron chi connectivity index (χ1n) is 11.7. The summed E-state index contributed by atoms with van der Waals surface area (Å²) in [7, 11) is 2.15. The largest absolute Gasteiger partial charge is 0.381 e. The van der Waals surface area contributed by atoms with Crippen LogP contribution in [0.4, 0.5) is 4.39 Å². The van der Waals surface area contributed by atoms with E-state index in [4.69, 9.17) is 9.73 Å². The van der Waals surface area contributed by atoms with Crippen molar-refractivity contribution in [3.8, 4) is 0 Å². The first-order valence-corrected chi connectivity index (χ1v) is 11.7. The molecule has 6 heteroatoms. The van der Waals surface area contributed by atoms with E-state index in [1.54, 1.807) is 12.1 Å². The van der Waals surface area contributed by atoms with E-state index in [0.717, 1.165) is 76.2 Å². The Labute approximate surface area is 181 Å². The molecule has 0 spiro atoms. The molecular weight excluding hydrogens is 379 g/mol. The summed E-state index contributed by atoms with van der Waals surface area (Å²) in [6.07, 6.45) is 5.84. The van der Waals surface area contributed by atoms with Crippen LogP contribution in [0, 0.1) is 17.7 Å². The number of guanidine groups is 1. The van der Waals surface area contributed by atoms with E-state index in [1.807, 2.05) is 12.1 Å². The molecule has 2 fully saturated rings. The highest BCUT2D eigenvalue weighted by atomic mass is 19.1. The molecule has 0 saturated carbocycles. The Balaban J connectivity index is 1.42. The summed E-state index contributed by atoms with van der Waals surface area (Å²) in [4.78, 5) is 9.60. The molecule has 0 unspecified atom stereocenters. The SMILES string of the molecule is CCNC(=NCC1CCN(Cc2ccccc2F)CC1)N(C)CCC1CCOCC1. The van der Waals surface area contributed by atoms with Gasteiger partial charge in [-0.15, -0.1) is 0 Å². The van der Waals surface area contributed by atoms with Gasteiger partial charge in [0, 0.05) is 52.0 Å². The highest BCUT2D eigenvalue weighted by molar-refractivity contribution is 5.79. The van der Waals surface area contributed by atoms with Gasteiger partial charge in [0.1, 0.15) is 5.82 Å². The van der Waals surface area contributed by atoms with Gasteiger partial charge in [-0.2, -0.15) is 0 Å². The number of hydrogen-bond donors (Lipinski definition) is 1. The quantitative estimate of drug-likeness (QED) is 0.516. The van der Waals surface area contributed by atoms with E-state index >= 15 is 0 Å². The topological polar surface area (TPSA) is 40.1 Å². The minimum absolute atomic E-state index is 0.0942. The van der Waals surface area contributed by atoms with Crippen LogP contribution in [0.15, 0.2) is 29.3 Å². The Morgan fingerprint density at radius 1 is 1.17 bits per heavy atom. The van der Waals surface area contributed by atoms with Crippen LogP contribution < -0.4 is 5.32 Å². The highest BCUT2D eigenvalue weighted by Gasteiger charge is 2.21. The van der Waals surface area contributed by atoms with Gasteiger partial charge in [0.2, 0.25) is 0 Å². The fraction of sp³-hybridized carbons (Fsp3) is 0.708. The molecule has 1 aromatic rings. The molecule has 1 aromatic carbocycles. The third-order valence-corrected chi connectivity index (χ3v) is 6.47. The first-order chi connectivity index (χ1) is 14.7. The molecule has 30 heavy (non-hydrogen) atoms. The van der Waals surface area contributed by atoms with Gasteiger partial charge >= 0.3 is 0 Å². The third kappa shape index (κ3) is 7.24. The van der Waals surface area contributed by atoms with Gasteiger partial charge in [-0.3, -0.25) is 9.89 Å². The minimum Gasteiger partial charge on any atom is -0.381 e. The predicted molar refractivity (Wildman–Crippen MR) is 121 cm³/mol. The lowest BCUT2D eigenvalue weighted by Gasteiger charge is -2.32. The Hall–Kier alpha value is -1.66. The van der Waals surface area contributed by atoms with Gasteiger partial charge in [-0.25, -0.2) is 4.39 Å². The lowest BCUT2D eigenvalue weighted by Crippen LogP contribution is -2.41. The van der Waals surface area contributed by atoms with Crippen LogP contribution in [0.1, 0.15) is 44.6 Å². The molecule has 3 rings (SSSR count). The number of nitrogens with zero attached hydrogens (tertiary/aromatic N) is 3. The fourth-order valence-electron chi connectivity index (χ4n) is 4.40. The van der Waals surface area contributed by atoms with E-state index in [-0.39, 0.29) is 5.82 Å². The summed E-state index contributed by atoms with van der Waals surface area (Å²) < 4.78 is 19.4. The zero-order valence-electron chi connectivity index (χ0n) is 18.8. The Morgan fingerprint density at radius 2 is 1.90 bits per heavy atom. The molecule has 2 aliphatic rings. The van der Waals surface area contributed by atoms with Crippen LogP contribution in [0.2, 0.25) is 0 Å². The Morgan fingerprint density at radius 3 is 2.60 bits per heavy atom. The third-order valence-electron chi connectivity index (χ3n) is 6.47. The van der Waals surface area contributed by atoms with Gasteiger partial charge in [0.25, 0.3) is 0 Å². The predicted octanol–water partition coefficient (Wildman–Crippen LogP) is 3.75. The average molecular weight is 419 g/mol. The minimum atomic E-state index is -0.0942. The van der Waals surface area contributed by atoms with Gasteiger partial charge in [0.15, 0.2) is 5.96 Å². The number of piperidine rings is 1. The van der Waals surface area contributed by atoms with Gasteiger partial charge in [-0.05, 0) is 70.0 Å². The van der Waals surface area contributed by atoms with Crippen LogP contribution >= 0.6 is 0 Å². The highest BCUT2D eigenvalue weighted by Crippen LogP contribution is 2.21. The van der Waals surface area contributed by atoms with Crippen molar-refractivity contribution in [3.05, 3.63) is 35.6 Å². The molecule has 2 aliphatic heterocycles. The van der Waals surface area contributed by atoms with Crippen molar-refractivity contribution in [2.45, 2.75) is 45.6 Å². The van der Waals surface area contributed by atoms with Crippen molar-refractivity contribution in [2.75, 3.05) is 53.0 Å². The summed E-state index contributed by atoms with van der Waals surface area (Å²) in [5.74, 6) is 2.32. The summed E-state index contributed by atoms with van der Waals surface area (Å²) in [6, 6.07) is 7.12. The molecule has 0 radical (unpaired) electrons. The van der Waals surface area contributed by atoms with Gasteiger partial charge in [0.05, 0.1) is 0 Å². The smallest absolute Gasteiger partial charge is 0.193 e. The standard InChI is InChI=1S/C24H39FN4O/c1-3-26-24(28(2)13-8-20-11-16-30-17-12-20)27-18-21-9-14-29(15-10-21)19-22-6-4-5-7-23(22)25/h4-7,20-21H,3,8-19H2,1-2H3,(H,26,27). The van der Waals surface area contributed by atoms with E-state index in [1.165, 1.54) is 19.3 Å². The molecule has 1 N–H and O–H groups in total. The van der Waals surface area contributed by atoms with Crippen LogP contribution in [0.25, 0.3) is 0 Å². The second-order valence-corrected chi connectivity index (χ2v) is 8.77. The van der Waals surface area contributed by atoms with Gasteiger partial charge < -0.3 is 15.0 Å². The molecule has 0 atom stereocenters. The van der Waals surface area contributed by atoms with E-state index in [0.29, 0.717) is 12.5 Å². The van der Waals surface area contributed by atoms with Crippen molar-refractivity contribution < 1.29 is 9.13 Å². The van der Waals surface area contributed by atoms with Crippen LogP contribution in [-0.4, -0.2) is 68.7 Å². The van der Waals surface area contributed by atoms with Crippen molar-refractivity contribution in [1.29, 1.82) is 0 Å². The monoisotopic (exact) mass is 418 g/mol. The summed E-state index contributed by atoms with van der Waals surface area (Å²) in [5, 5.41) is 3.46. The first kappa shape index (κ1) is 23.0. The number of aliphatic imine (C=N–C) groups is 1. The molecular formula is C24H39FN4O. The zero-order valence-corrected chi connectivity index (χ0v) is 18.8. The fourth-order valence-corrected chi connectivity index (χ4v) is 4.40. The van der Waals surface area contributed by atoms with Gasteiger partial charge in [-0.1, -0.05) is 18.2 Å². The maximum Gasteiger partial charge on any atom is 0.193 e. The Bertz CT molecular complexity index is 654. The number of hydrogen-bond acceptors (Lipinski definition) is 3. The maximum absolute atomic E-state index is 13.9. The summed E-state index contributed by atoms with van der Waals surface area (Å²) >= 11 is 0. The van der Waals surface area contributed by atoms with Crippen LogP contribution in [0.3, 0.4) is 0 Å². The number of benzene rings is 1. The average Bonchev–Trinajstić information content (AvgIpc) is 2.78. The van der Waals surface area contributed by atoms with Crippen molar-refractivity contribution >= 4 is 5.96 Å². The molecule has 2 heterocycles. The molecule has 2 saturated heterocycles. The normalized spacial score (nSPS) is 19.8. The molecule has 0 aliphatic carbocycles. The number of rotatable bonds is 8. The number of halogens is 1. The number of nitrogens with one attached hydrogen (secondary N) is 1. The zero-order chi connectivity index (χ0) is 21.2. The molecule has 0 bridgehead atoms. The van der Waals surface area contributed by atoms with Crippen LogP contribution in [0.5, 0.6) is 0 Å². The maximum atomic E-state index is 13.9. The number of likely N-dealkylation sites (tertiary alicyclic amines) is 1. The molecule has 168 valence electrons. The Kier molecular flexibility index (Phi) is 9.40. The van der Waals surface area contributed by atoms with E-state index in [2.05, 4.69) is 29.1 Å². The van der Waals surface area contributed by atoms with Crippen molar-refractivity contribution in [2.24, 2.45) is 16.8 Å². The number of ether oxygens (including phenoxy) is 1. The lowest BCUT2D eigenvalue weighted by molar-refractivity contribution is 0.0625. The molecule has 0 aromatic heterocycles. The summed E-state index contributed by atoms with van der Waals surface area (Å²) in [6.45, 7) is 9.51. The summed E-state index contributed by atoms with van der Waals surface area (Å²) in [5.41, 5.74) is 0.801. The lowest BCUT2D eigenvalue weighted by atomic mass is 9.96. The second kappa shape index (κ2) is 12.3. The van der Waals surface area contributed by atoms with E-state index < -0.39 is 0 Å².